The van der Waals surface area contributed by atoms with Crippen molar-refractivity contribution in [1.82, 2.24) is 4.90 Å². The molecule has 0 saturated carbocycles. The van der Waals surface area contributed by atoms with E-state index < -0.39 is 5.91 Å². The molecule has 1 aliphatic heterocycles. The highest BCUT2D eigenvalue weighted by molar-refractivity contribution is 6.30. The number of amides is 1. The molecule has 0 aromatic heterocycles. The van der Waals surface area contributed by atoms with Crippen LogP contribution in [-0.2, 0) is 4.79 Å². The summed E-state index contributed by atoms with van der Waals surface area (Å²) < 4.78 is 0. The van der Waals surface area contributed by atoms with Gasteiger partial charge in [0, 0.05) is 59.5 Å². The van der Waals surface area contributed by atoms with Gasteiger partial charge in [-0.15, -0.1) is 0 Å². The summed E-state index contributed by atoms with van der Waals surface area (Å²) >= 11 is 6.09. The maximum Gasteiger partial charge on any atom is 0.267 e. The molecule has 1 heterocycles. The molecule has 3 aromatic rings. The van der Waals surface area contributed by atoms with Gasteiger partial charge in [-0.1, -0.05) is 41.9 Å². The van der Waals surface area contributed by atoms with Crippen LogP contribution < -0.4 is 10.2 Å². The zero-order valence-corrected chi connectivity index (χ0v) is 17.5. The Morgan fingerprint density at radius 3 is 2.48 bits per heavy atom. The first-order valence-electron chi connectivity index (χ1n) is 9.94. The van der Waals surface area contributed by atoms with Crippen LogP contribution in [0.3, 0.4) is 0 Å². The molecule has 1 saturated heterocycles. The van der Waals surface area contributed by atoms with Gasteiger partial charge >= 0.3 is 0 Å². The Morgan fingerprint density at radius 1 is 1.03 bits per heavy atom. The van der Waals surface area contributed by atoms with Gasteiger partial charge < -0.3 is 20.2 Å². The Balaban J connectivity index is 1.45. The van der Waals surface area contributed by atoms with Crippen molar-refractivity contribution in [3.05, 3.63) is 77.5 Å². The summed E-state index contributed by atoms with van der Waals surface area (Å²) in [4.78, 5) is 17.0. The lowest BCUT2D eigenvalue weighted by Gasteiger charge is -2.35. The van der Waals surface area contributed by atoms with Crippen LogP contribution in [0.15, 0.2) is 72.4 Å². The number of nitriles is 1. The molecule has 7 heteroatoms. The van der Waals surface area contributed by atoms with Gasteiger partial charge in [-0.3, -0.25) is 4.79 Å². The molecule has 6 nitrogen and oxygen atoms in total. The number of carbonyl (C=O) groups excluding carboxylic acids is 1. The molecule has 0 radical (unpaired) electrons. The van der Waals surface area contributed by atoms with E-state index in [0.29, 0.717) is 34.6 Å². The fraction of sp³-hybridized carbons (Fsp3) is 0.167. The van der Waals surface area contributed by atoms with Crippen molar-refractivity contribution < 1.29 is 9.90 Å². The molecular weight excluding hydrogens is 412 g/mol. The van der Waals surface area contributed by atoms with Gasteiger partial charge in [-0.25, -0.2) is 0 Å². The second-order valence-corrected chi connectivity index (χ2v) is 7.73. The minimum atomic E-state index is -0.476. The van der Waals surface area contributed by atoms with Gasteiger partial charge in [0.15, 0.2) is 0 Å². The first-order valence-corrected chi connectivity index (χ1v) is 10.3. The molecule has 2 N–H and O–H groups in total. The predicted octanol–water partition coefficient (Wildman–Crippen LogP) is 4.37. The summed E-state index contributed by atoms with van der Waals surface area (Å²) in [6.07, 6.45) is 1.62. The molecule has 1 fully saturated rings. The molecule has 4 rings (SSSR count). The molecular formula is C24H21ClN4O2. The van der Waals surface area contributed by atoms with Crippen LogP contribution in [0.4, 0.5) is 11.4 Å². The second kappa shape index (κ2) is 8.99. The number of nitrogens with zero attached hydrogens (tertiary/aromatic N) is 3. The smallest absolute Gasteiger partial charge is 0.267 e. The number of nitrogens with one attached hydrogen (secondary N) is 1. The lowest BCUT2D eigenvalue weighted by molar-refractivity contribution is -0.112. The van der Waals surface area contributed by atoms with Crippen LogP contribution in [-0.4, -0.2) is 42.1 Å². The number of phenolic OH excluding ortho intramolecular Hbond substituents is 1. The second-order valence-electron chi connectivity index (χ2n) is 7.29. The molecule has 31 heavy (non-hydrogen) atoms. The topological polar surface area (TPSA) is 79.6 Å². The van der Waals surface area contributed by atoms with E-state index in [1.165, 1.54) is 0 Å². The lowest BCUT2D eigenvalue weighted by atomic mass is 10.1. The Labute approximate surface area is 185 Å². The number of hydrogen-bond acceptors (Lipinski definition) is 5. The third kappa shape index (κ3) is 4.57. The van der Waals surface area contributed by atoms with E-state index in [1.54, 1.807) is 36.5 Å². The summed E-state index contributed by atoms with van der Waals surface area (Å²) in [7, 11) is 0. The highest BCUT2D eigenvalue weighted by Gasteiger charge is 2.18. The van der Waals surface area contributed by atoms with Gasteiger partial charge in [0.2, 0.25) is 0 Å². The van der Waals surface area contributed by atoms with Gasteiger partial charge in [0.1, 0.15) is 17.4 Å². The monoisotopic (exact) mass is 432 g/mol. The largest absolute Gasteiger partial charge is 0.507 e. The van der Waals surface area contributed by atoms with E-state index in [4.69, 9.17) is 11.6 Å². The minimum Gasteiger partial charge on any atom is -0.507 e. The van der Waals surface area contributed by atoms with Crippen LogP contribution in [0.25, 0.3) is 10.8 Å². The van der Waals surface area contributed by atoms with Crippen LogP contribution in [0.2, 0.25) is 5.02 Å². The highest BCUT2D eigenvalue weighted by atomic mass is 35.5. The van der Waals surface area contributed by atoms with Gasteiger partial charge in [0.25, 0.3) is 5.91 Å². The van der Waals surface area contributed by atoms with Crippen LogP contribution in [0.1, 0.15) is 0 Å². The number of hydrogen-bond donors (Lipinski definition) is 2. The van der Waals surface area contributed by atoms with E-state index in [-0.39, 0.29) is 11.3 Å². The van der Waals surface area contributed by atoms with Crippen molar-refractivity contribution in [2.24, 2.45) is 0 Å². The molecule has 1 aliphatic rings. The number of benzene rings is 3. The SMILES string of the molecule is N#C/C(=C/N1CCN(c2cccc(Cl)c2)CC1)C(=O)Nc1cccc2c(O)cccc12. The third-order valence-corrected chi connectivity index (χ3v) is 5.55. The van der Waals surface area contributed by atoms with Gasteiger partial charge in [0.05, 0.1) is 0 Å². The molecule has 0 bridgehead atoms. The van der Waals surface area contributed by atoms with Crippen LogP contribution >= 0.6 is 11.6 Å². The third-order valence-electron chi connectivity index (χ3n) is 5.31. The average Bonchev–Trinajstić information content (AvgIpc) is 2.78. The van der Waals surface area contributed by atoms with Crippen LogP contribution in [0.5, 0.6) is 5.75 Å². The molecule has 0 aliphatic carbocycles. The van der Waals surface area contributed by atoms with E-state index in [9.17, 15) is 15.2 Å². The van der Waals surface area contributed by atoms with E-state index in [2.05, 4.69) is 10.2 Å². The predicted molar refractivity (Wildman–Crippen MR) is 123 cm³/mol. The fourth-order valence-corrected chi connectivity index (χ4v) is 3.88. The molecule has 0 atom stereocenters. The zero-order chi connectivity index (χ0) is 21.8. The Kier molecular flexibility index (Phi) is 5.96. The van der Waals surface area contributed by atoms with E-state index in [0.717, 1.165) is 18.8 Å². The van der Waals surface area contributed by atoms with Crippen molar-refractivity contribution >= 4 is 39.7 Å². The summed E-state index contributed by atoms with van der Waals surface area (Å²) in [6.45, 7) is 2.90. The highest BCUT2D eigenvalue weighted by Crippen LogP contribution is 2.30. The Bertz CT molecular complexity index is 1190. The number of anilines is 2. The number of phenols is 1. The molecule has 1 amide bonds. The summed E-state index contributed by atoms with van der Waals surface area (Å²) in [5, 5.41) is 24.4. The number of halogens is 1. The van der Waals surface area contributed by atoms with Crippen LogP contribution in [0, 0.1) is 11.3 Å². The fourth-order valence-electron chi connectivity index (χ4n) is 3.69. The molecule has 3 aromatic carbocycles. The maximum absolute atomic E-state index is 12.8. The molecule has 156 valence electrons. The summed E-state index contributed by atoms with van der Waals surface area (Å²) in [6, 6.07) is 20.1. The van der Waals surface area contributed by atoms with Crippen molar-refractivity contribution in [3.63, 3.8) is 0 Å². The maximum atomic E-state index is 12.8. The molecule has 0 unspecified atom stereocenters. The Hall–Kier alpha value is -3.69. The van der Waals surface area contributed by atoms with Crippen molar-refractivity contribution in [1.29, 1.82) is 5.26 Å². The minimum absolute atomic E-state index is 0.0355. The number of piperazine rings is 1. The van der Waals surface area contributed by atoms with E-state index in [1.807, 2.05) is 41.3 Å². The summed E-state index contributed by atoms with van der Waals surface area (Å²) in [5.74, 6) is -0.335. The lowest BCUT2D eigenvalue weighted by Crippen LogP contribution is -2.44. The first kappa shape index (κ1) is 20.6. The first-order chi connectivity index (χ1) is 15.0. The normalized spacial score (nSPS) is 14.4. The Morgan fingerprint density at radius 2 is 1.74 bits per heavy atom. The standard InChI is InChI=1S/C24H21ClN4O2/c25-18-4-1-5-19(14-18)29-12-10-28(11-13-29)16-17(15-26)24(31)27-22-8-2-7-21-20(22)6-3-9-23(21)30/h1-9,14,16,30H,10-13H2,(H,27,31)/b17-16-. The number of rotatable bonds is 4. The average molecular weight is 433 g/mol. The van der Waals surface area contributed by atoms with Crippen molar-refractivity contribution in [3.8, 4) is 11.8 Å². The van der Waals surface area contributed by atoms with E-state index >= 15 is 0 Å². The number of aromatic hydroxyl groups is 1. The number of fused-ring (bicyclic) bond motifs is 1. The summed E-state index contributed by atoms with van der Waals surface area (Å²) in [5.41, 5.74) is 1.65. The zero-order valence-electron chi connectivity index (χ0n) is 16.8. The van der Waals surface area contributed by atoms with Crippen molar-refractivity contribution in [2.75, 3.05) is 36.4 Å². The van der Waals surface area contributed by atoms with Crippen molar-refractivity contribution in [2.45, 2.75) is 0 Å². The molecule has 0 spiro atoms. The quantitative estimate of drug-likeness (QED) is 0.472. The van der Waals surface area contributed by atoms with Gasteiger partial charge in [-0.05, 0) is 30.3 Å². The van der Waals surface area contributed by atoms with Gasteiger partial charge in [-0.2, -0.15) is 5.26 Å². The number of carbonyl (C=O) groups is 1.